The lowest BCUT2D eigenvalue weighted by Crippen LogP contribution is -2.09. The van der Waals surface area contributed by atoms with Crippen LogP contribution in [0, 0.1) is 0 Å². The van der Waals surface area contributed by atoms with Gasteiger partial charge < -0.3 is 5.11 Å². The zero-order valence-electron chi connectivity index (χ0n) is 8.34. The number of carboxylic acids is 1. The molecule has 0 aliphatic carbocycles. The van der Waals surface area contributed by atoms with Crippen molar-refractivity contribution in [2.24, 2.45) is 0 Å². The average Bonchev–Trinajstić information content (AvgIpc) is 2.27. The summed E-state index contributed by atoms with van der Waals surface area (Å²) in [6, 6.07) is 5.87. The summed E-state index contributed by atoms with van der Waals surface area (Å²) in [7, 11) is 0. The predicted molar refractivity (Wildman–Crippen MR) is 67.8 cm³/mol. The number of alkyl halides is 2. The van der Waals surface area contributed by atoms with E-state index in [-0.39, 0.29) is 0 Å². The molecule has 0 aliphatic rings. The van der Waals surface area contributed by atoms with Gasteiger partial charge in [0.05, 0.1) is 5.92 Å². The van der Waals surface area contributed by atoms with Gasteiger partial charge in [-0.3, -0.25) is 4.79 Å². The number of benzene rings is 1. The highest BCUT2D eigenvalue weighted by Gasteiger charge is 2.16. The molecule has 82 valence electrons. The van der Waals surface area contributed by atoms with Crippen LogP contribution in [0.4, 0.5) is 0 Å². The van der Waals surface area contributed by atoms with E-state index in [1.807, 2.05) is 18.2 Å². The van der Waals surface area contributed by atoms with Crippen molar-refractivity contribution in [3.05, 3.63) is 34.9 Å². The predicted octanol–water partition coefficient (Wildman–Crippen LogP) is 3.66. The highest BCUT2D eigenvalue weighted by atomic mass is 79.9. The van der Waals surface area contributed by atoms with E-state index in [2.05, 4.69) is 31.9 Å². The summed E-state index contributed by atoms with van der Waals surface area (Å²) in [6.45, 7) is 1.71. The van der Waals surface area contributed by atoms with Crippen LogP contribution in [0.15, 0.2) is 18.2 Å². The van der Waals surface area contributed by atoms with Crippen LogP contribution in [0.2, 0.25) is 0 Å². The third-order valence-electron chi connectivity index (χ3n) is 2.34. The molecule has 0 radical (unpaired) electrons. The van der Waals surface area contributed by atoms with Crippen LogP contribution in [0.1, 0.15) is 29.5 Å². The van der Waals surface area contributed by atoms with Crippen LogP contribution >= 0.6 is 31.9 Å². The topological polar surface area (TPSA) is 37.3 Å². The Morgan fingerprint density at radius 3 is 2.53 bits per heavy atom. The van der Waals surface area contributed by atoms with E-state index in [4.69, 9.17) is 5.11 Å². The zero-order valence-corrected chi connectivity index (χ0v) is 11.5. The Kier molecular flexibility index (Phi) is 4.80. The van der Waals surface area contributed by atoms with Crippen LogP contribution in [-0.4, -0.2) is 11.1 Å². The lowest BCUT2D eigenvalue weighted by molar-refractivity contribution is -0.138. The molecule has 0 aromatic heterocycles. The third kappa shape index (κ3) is 3.05. The molecule has 0 saturated carbocycles. The maximum absolute atomic E-state index is 10.9. The minimum atomic E-state index is -0.788. The van der Waals surface area contributed by atoms with Gasteiger partial charge >= 0.3 is 5.97 Å². The third-order valence-corrected chi connectivity index (χ3v) is 3.59. The van der Waals surface area contributed by atoms with Gasteiger partial charge in [0.1, 0.15) is 0 Å². The van der Waals surface area contributed by atoms with Gasteiger partial charge in [0.15, 0.2) is 0 Å². The van der Waals surface area contributed by atoms with Crippen LogP contribution in [0.3, 0.4) is 0 Å². The number of hydrogen-bond acceptors (Lipinski definition) is 1. The number of halogens is 2. The molecule has 0 spiro atoms. The molecule has 0 saturated heterocycles. The highest BCUT2D eigenvalue weighted by Crippen LogP contribution is 2.24. The molecule has 0 aliphatic heterocycles. The molecule has 1 aromatic rings. The van der Waals surface area contributed by atoms with Gasteiger partial charge in [-0.05, 0) is 23.6 Å². The SMILES string of the molecule is CC(C(=O)O)c1ccc(CBr)cc1CBr. The molecule has 0 amide bonds. The van der Waals surface area contributed by atoms with Crippen LogP contribution in [0.5, 0.6) is 0 Å². The molecule has 0 bridgehead atoms. The fourth-order valence-corrected chi connectivity index (χ4v) is 2.25. The Bertz CT molecular complexity index is 364. The fraction of sp³-hybridized carbons (Fsp3) is 0.364. The molecule has 15 heavy (non-hydrogen) atoms. The zero-order chi connectivity index (χ0) is 11.4. The summed E-state index contributed by atoms with van der Waals surface area (Å²) in [4.78, 5) is 10.9. The first-order valence-corrected chi connectivity index (χ1v) is 6.81. The summed E-state index contributed by atoms with van der Waals surface area (Å²) >= 11 is 6.76. The number of hydrogen-bond donors (Lipinski definition) is 1. The Balaban J connectivity index is 3.12. The molecular formula is C11H12Br2O2. The Morgan fingerprint density at radius 1 is 1.40 bits per heavy atom. The lowest BCUT2D eigenvalue weighted by atomic mass is 9.95. The smallest absolute Gasteiger partial charge is 0.310 e. The number of aliphatic carboxylic acids is 1. The summed E-state index contributed by atoms with van der Waals surface area (Å²) in [5.41, 5.74) is 3.08. The maximum atomic E-state index is 10.9. The molecule has 1 N–H and O–H groups in total. The summed E-state index contributed by atoms with van der Waals surface area (Å²) in [5, 5.41) is 10.4. The van der Waals surface area contributed by atoms with E-state index in [1.54, 1.807) is 6.92 Å². The van der Waals surface area contributed by atoms with E-state index in [0.29, 0.717) is 5.33 Å². The maximum Gasteiger partial charge on any atom is 0.310 e. The fourth-order valence-electron chi connectivity index (χ4n) is 1.41. The van der Waals surface area contributed by atoms with Gasteiger partial charge in [0.2, 0.25) is 0 Å². The van der Waals surface area contributed by atoms with E-state index in [1.165, 1.54) is 0 Å². The van der Waals surface area contributed by atoms with Crippen LogP contribution < -0.4 is 0 Å². The Hall–Kier alpha value is -0.350. The van der Waals surface area contributed by atoms with Gasteiger partial charge in [0, 0.05) is 10.7 Å². The second-order valence-electron chi connectivity index (χ2n) is 3.36. The summed E-state index contributed by atoms with van der Waals surface area (Å²) in [6.07, 6.45) is 0. The van der Waals surface area contributed by atoms with Crippen LogP contribution in [0.25, 0.3) is 0 Å². The van der Waals surface area contributed by atoms with Gasteiger partial charge in [0.25, 0.3) is 0 Å². The second kappa shape index (κ2) is 5.66. The molecule has 2 nitrogen and oxygen atoms in total. The van der Waals surface area contributed by atoms with E-state index in [9.17, 15) is 4.79 Å². The first-order valence-electron chi connectivity index (χ1n) is 4.56. The number of carbonyl (C=O) groups is 1. The first-order chi connectivity index (χ1) is 7.10. The number of carboxylic acid groups (broad SMARTS) is 1. The molecule has 4 heteroatoms. The molecule has 1 aromatic carbocycles. The van der Waals surface area contributed by atoms with Gasteiger partial charge in [-0.25, -0.2) is 0 Å². The Morgan fingerprint density at radius 2 is 2.07 bits per heavy atom. The Labute approximate surface area is 106 Å². The lowest BCUT2D eigenvalue weighted by Gasteiger charge is -2.12. The average molecular weight is 336 g/mol. The van der Waals surface area contributed by atoms with Crippen molar-refractivity contribution < 1.29 is 9.90 Å². The molecule has 1 rings (SSSR count). The van der Waals surface area contributed by atoms with Gasteiger partial charge in [-0.2, -0.15) is 0 Å². The minimum absolute atomic E-state index is 0.457. The van der Waals surface area contributed by atoms with E-state index < -0.39 is 11.9 Å². The summed E-state index contributed by atoms with van der Waals surface area (Å²) < 4.78 is 0. The van der Waals surface area contributed by atoms with Crippen molar-refractivity contribution in [2.45, 2.75) is 23.5 Å². The monoisotopic (exact) mass is 334 g/mol. The standard InChI is InChI=1S/C11H12Br2O2/c1-7(11(14)15)10-3-2-8(5-12)4-9(10)6-13/h2-4,7H,5-6H2,1H3,(H,14,15). The first kappa shape index (κ1) is 12.7. The second-order valence-corrected chi connectivity index (χ2v) is 4.48. The van der Waals surface area contributed by atoms with Gasteiger partial charge in [-0.1, -0.05) is 50.1 Å². The van der Waals surface area contributed by atoms with E-state index in [0.717, 1.165) is 22.0 Å². The largest absolute Gasteiger partial charge is 0.481 e. The van der Waals surface area contributed by atoms with Crippen molar-refractivity contribution in [1.29, 1.82) is 0 Å². The molecule has 1 unspecified atom stereocenters. The van der Waals surface area contributed by atoms with Crippen molar-refractivity contribution in [1.82, 2.24) is 0 Å². The van der Waals surface area contributed by atoms with Crippen LogP contribution in [-0.2, 0) is 15.5 Å². The summed E-state index contributed by atoms with van der Waals surface area (Å²) in [5.74, 6) is -1.24. The van der Waals surface area contributed by atoms with Crippen molar-refractivity contribution in [3.8, 4) is 0 Å². The van der Waals surface area contributed by atoms with E-state index >= 15 is 0 Å². The van der Waals surface area contributed by atoms with Crippen molar-refractivity contribution >= 4 is 37.8 Å². The molecule has 1 atom stereocenters. The normalized spacial score (nSPS) is 12.5. The van der Waals surface area contributed by atoms with Crippen molar-refractivity contribution in [2.75, 3.05) is 0 Å². The molecule has 0 fully saturated rings. The quantitative estimate of drug-likeness (QED) is 0.852. The van der Waals surface area contributed by atoms with Gasteiger partial charge in [-0.15, -0.1) is 0 Å². The molecule has 0 heterocycles. The highest BCUT2D eigenvalue weighted by molar-refractivity contribution is 9.08. The molecular weight excluding hydrogens is 324 g/mol. The minimum Gasteiger partial charge on any atom is -0.481 e. The number of rotatable bonds is 4. The van der Waals surface area contributed by atoms with Crippen molar-refractivity contribution in [3.63, 3.8) is 0 Å².